The highest BCUT2D eigenvalue weighted by atomic mass is 16.7. The maximum absolute atomic E-state index is 5.87. The summed E-state index contributed by atoms with van der Waals surface area (Å²) in [5, 5.41) is 3.51. The van der Waals surface area contributed by atoms with Crippen molar-refractivity contribution in [2.75, 3.05) is 19.8 Å². The third-order valence-corrected chi connectivity index (χ3v) is 3.05. The molecule has 0 spiro atoms. The zero-order chi connectivity index (χ0) is 11.8. The van der Waals surface area contributed by atoms with Crippen LogP contribution in [0.3, 0.4) is 0 Å². The molecule has 0 bridgehead atoms. The van der Waals surface area contributed by atoms with Crippen molar-refractivity contribution < 1.29 is 9.47 Å². The van der Waals surface area contributed by atoms with Gasteiger partial charge in [-0.25, -0.2) is 0 Å². The molecule has 0 aromatic heterocycles. The molecule has 4 nitrogen and oxygen atoms in total. The lowest BCUT2D eigenvalue weighted by molar-refractivity contribution is -0.134. The fraction of sp³-hybridized carbons (Fsp3) is 1.00. The van der Waals surface area contributed by atoms with Gasteiger partial charge >= 0.3 is 0 Å². The van der Waals surface area contributed by atoms with Gasteiger partial charge in [0.15, 0.2) is 6.29 Å². The summed E-state index contributed by atoms with van der Waals surface area (Å²) in [6.45, 7) is 6.16. The molecule has 16 heavy (non-hydrogen) atoms. The summed E-state index contributed by atoms with van der Waals surface area (Å²) in [6.07, 6.45) is 4.50. The molecule has 0 aromatic rings. The van der Waals surface area contributed by atoms with E-state index in [9.17, 15) is 0 Å². The van der Waals surface area contributed by atoms with E-state index in [1.54, 1.807) is 0 Å². The van der Waals surface area contributed by atoms with E-state index in [-0.39, 0.29) is 6.29 Å². The zero-order valence-corrected chi connectivity index (χ0v) is 10.6. The molecule has 1 aliphatic rings. The summed E-state index contributed by atoms with van der Waals surface area (Å²) in [5.41, 5.74) is 5.87. The summed E-state index contributed by atoms with van der Waals surface area (Å²) in [4.78, 5) is 0. The number of rotatable bonds is 7. The largest absolute Gasteiger partial charge is 0.352 e. The first-order chi connectivity index (χ1) is 7.76. The van der Waals surface area contributed by atoms with Gasteiger partial charge in [-0.15, -0.1) is 0 Å². The first-order valence-electron chi connectivity index (χ1n) is 6.48. The Balaban J connectivity index is 2.15. The first-order valence-corrected chi connectivity index (χ1v) is 6.48. The van der Waals surface area contributed by atoms with E-state index in [4.69, 9.17) is 15.2 Å². The van der Waals surface area contributed by atoms with Gasteiger partial charge in [0.25, 0.3) is 0 Å². The molecule has 3 N–H and O–H groups in total. The molecule has 1 rings (SSSR count). The van der Waals surface area contributed by atoms with Crippen molar-refractivity contribution in [1.82, 2.24) is 5.32 Å². The Morgan fingerprint density at radius 2 is 1.69 bits per heavy atom. The quantitative estimate of drug-likeness (QED) is 0.646. The van der Waals surface area contributed by atoms with Gasteiger partial charge in [0.2, 0.25) is 0 Å². The van der Waals surface area contributed by atoms with Gasteiger partial charge in [0.05, 0.1) is 0 Å². The number of ether oxygens (including phenoxy) is 2. The van der Waals surface area contributed by atoms with Crippen molar-refractivity contribution in [3.63, 3.8) is 0 Å². The minimum absolute atomic E-state index is 0.106. The topological polar surface area (TPSA) is 56.5 Å². The molecule has 1 fully saturated rings. The summed E-state index contributed by atoms with van der Waals surface area (Å²) in [6, 6.07) is 0.996. The van der Waals surface area contributed by atoms with Crippen LogP contribution in [-0.2, 0) is 9.47 Å². The lowest BCUT2D eigenvalue weighted by Crippen LogP contribution is -2.42. The van der Waals surface area contributed by atoms with E-state index < -0.39 is 0 Å². The molecule has 0 unspecified atom stereocenters. The smallest absolute Gasteiger partial charge is 0.169 e. The molecule has 0 saturated heterocycles. The van der Waals surface area contributed by atoms with Crippen LogP contribution in [-0.4, -0.2) is 38.1 Å². The monoisotopic (exact) mass is 230 g/mol. The van der Waals surface area contributed by atoms with Crippen molar-refractivity contribution in [3.05, 3.63) is 0 Å². The highest BCUT2D eigenvalue weighted by Gasteiger charge is 2.19. The second-order valence-electron chi connectivity index (χ2n) is 4.36. The summed E-state index contributed by atoms with van der Waals surface area (Å²) >= 11 is 0. The molecule has 0 atom stereocenters. The molecule has 0 amide bonds. The van der Waals surface area contributed by atoms with E-state index in [0.29, 0.717) is 25.3 Å². The highest BCUT2D eigenvalue weighted by Crippen LogP contribution is 2.16. The average molecular weight is 230 g/mol. The lowest BCUT2D eigenvalue weighted by Gasteiger charge is -2.28. The van der Waals surface area contributed by atoms with Crippen LogP contribution in [0.15, 0.2) is 0 Å². The van der Waals surface area contributed by atoms with Crippen molar-refractivity contribution in [1.29, 1.82) is 0 Å². The maximum Gasteiger partial charge on any atom is 0.169 e. The van der Waals surface area contributed by atoms with Crippen LogP contribution in [0.4, 0.5) is 0 Å². The first kappa shape index (κ1) is 13.9. The average Bonchev–Trinajstić information content (AvgIpc) is 2.29. The van der Waals surface area contributed by atoms with E-state index in [2.05, 4.69) is 5.32 Å². The van der Waals surface area contributed by atoms with Gasteiger partial charge in [-0.3, -0.25) is 0 Å². The van der Waals surface area contributed by atoms with Gasteiger partial charge in [-0.05, 0) is 39.5 Å². The van der Waals surface area contributed by atoms with E-state index in [0.717, 1.165) is 19.4 Å². The molecule has 96 valence electrons. The SMILES string of the molecule is CCOC(CNC1CCC(N)CC1)OCC. The molecule has 0 aliphatic heterocycles. The summed E-state index contributed by atoms with van der Waals surface area (Å²) in [5.74, 6) is 0. The Labute approximate surface area is 98.9 Å². The van der Waals surface area contributed by atoms with Gasteiger partial charge in [0, 0.05) is 31.8 Å². The van der Waals surface area contributed by atoms with Gasteiger partial charge < -0.3 is 20.5 Å². The summed E-state index contributed by atoms with van der Waals surface area (Å²) < 4.78 is 11.0. The molecule has 0 heterocycles. The fourth-order valence-electron chi connectivity index (χ4n) is 2.12. The number of nitrogens with one attached hydrogen (secondary N) is 1. The fourth-order valence-corrected chi connectivity index (χ4v) is 2.12. The third-order valence-electron chi connectivity index (χ3n) is 3.05. The Hall–Kier alpha value is -0.160. The number of hydrogen-bond acceptors (Lipinski definition) is 4. The van der Waals surface area contributed by atoms with Gasteiger partial charge in [-0.2, -0.15) is 0 Å². The Morgan fingerprint density at radius 1 is 1.12 bits per heavy atom. The predicted molar refractivity (Wildman–Crippen MR) is 65.3 cm³/mol. The van der Waals surface area contributed by atoms with Crippen molar-refractivity contribution in [3.8, 4) is 0 Å². The van der Waals surface area contributed by atoms with Crippen LogP contribution in [0.2, 0.25) is 0 Å². The standard InChI is InChI=1S/C12H26N2O2/c1-3-15-12(16-4-2)9-14-11-7-5-10(13)6-8-11/h10-12,14H,3-9,13H2,1-2H3. The Bertz CT molecular complexity index is 164. The van der Waals surface area contributed by atoms with Crippen LogP contribution in [0, 0.1) is 0 Å². The van der Waals surface area contributed by atoms with Crippen LogP contribution in [0.25, 0.3) is 0 Å². The van der Waals surface area contributed by atoms with Crippen molar-refractivity contribution >= 4 is 0 Å². The number of nitrogens with two attached hydrogens (primary N) is 1. The Morgan fingerprint density at radius 3 is 2.19 bits per heavy atom. The minimum Gasteiger partial charge on any atom is -0.352 e. The van der Waals surface area contributed by atoms with Crippen LogP contribution in [0.1, 0.15) is 39.5 Å². The normalized spacial score (nSPS) is 26.2. The molecule has 0 radical (unpaired) electrons. The predicted octanol–water partition coefficient (Wildman–Crippen LogP) is 1.24. The van der Waals surface area contributed by atoms with Crippen molar-refractivity contribution in [2.45, 2.75) is 57.9 Å². The molecule has 0 aromatic carbocycles. The van der Waals surface area contributed by atoms with Crippen molar-refractivity contribution in [2.24, 2.45) is 5.73 Å². The Kier molecular flexibility index (Phi) is 6.96. The highest BCUT2D eigenvalue weighted by molar-refractivity contribution is 4.78. The molecule has 4 heteroatoms. The second kappa shape index (κ2) is 8.01. The molecular formula is C12H26N2O2. The number of hydrogen-bond donors (Lipinski definition) is 2. The minimum atomic E-state index is -0.106. The molecule has 1 aliphatic carbocycles. The summed E-state index contributed by atoms with van der Waals surface area (Å²) in [7, 11) is 0. The molecule has 1 saturated carbocycles. The lowest BCUT2D eigenvalue weighted by atomic mass is 9.92. The zero-order valence-electron chi connectivity index (χ0n) is 10.6. The molecular weight excluding hydrogens is 204 g/mol. The maximum atomic E-state index is 5.87. The van der Waals surface area contributed by atoms with Crippen LogP contribution >= 0.6 is 0 Å². The second-order valence-corrected chi connectivity index (χ2v) is 4.36. The van der Waals surface area contributed by atoms with Crippen LogP contribution < -0.4 is 11.1 Å². The third kappa shape index (κ3) is 5.25. The van der Waals surface area contributed by atoms with E-state index >= 15 is 0 Å². The van der Waals surface area contributed by atoms with E-state index in [1.807, 2.05) is 13.8 Å². The van der Waals surface area contributed by atoms with Gasteiger partial charge in [0.1, 0.15) is 0 Å². The van der Waals surface area contributed by atoms with E-state index in [1.165, 1.54) is 12.8 Å². The van der Waals surface area contributed by atoms with Crippen LogP contribution in [0.5, 0.6) is 0 Å². The van der Waals surface area contributed by atoms with Gasteiger partial charge in [-0.1, -0.05) is 0 Å².